The van der Waals surface area contributed by atoms with Crippen molar-refractivity contribution < 1.29 is 21.6 Å². The number of nitrogens with zero attached hydrogens (tertiary/aromatic N) is 1. The average Bonchev–Trinajstić information content (AvgIpc) is 3.43. The number of carbonyl (C=O) groups excluding carboxylic acids is 1. The summed E-state index contributed by atoms with van der Waals surface area (Å²) in [7, 11) is -7.26. The molecule has 1 aromatic carbocycles. The molecule has 0 spiro atoms. The summed E-state index contributed by atoms with van der Waals surface area (Å²) in [6.07, 6.45) is 3.03. The van der Waals surface area contributed by atoms with Crippen LogP contribution in [0.25, 0.3) is 0 Å². The molecule has 1 aliphatic heterocycles. The van der Waals surface area contributed by atoms with Crippen LogP contribution in [0.4, 0.5) is 0 Å². The van der Waals surface area contributed by atoms with Crippen molar-refractivity contribution in [2.75, 3.05) is 19.6 Å². The summed E-state index contributed by atoms with van der Waals surface area (Å²) in [5, 5.41) is 2.77. The third-order valence-electron chi connectivity index (χ3n) is 4.88. The van der Waals surface area contributed by atoms with Gasteiger partial charge in [-0.1, -0.05) is 0 Å². The van der Waals surface area contributed by atoms with Crippen LogP contribution < -0.4 is 10.0 Å². The van der Waals surface area contributed by atoms with E-state index in [1.807, 2.05) is 0 Å². The van der Waals surface area contributed by atoms with Crippen LogP contribution in [0.15, 0.2) is 34.1 Å². The number of hydrogen-bond donors (Lipinski definition) is 2. The van der Waals surface area contributed by atoms with E-state index in [2.05, 4.69) is 10.0 Å². The van der Waals surface area contributed by atoms with Crippen LogP contribution in [-0.4, -0.2) is 52.7 Å². The van der Waals surface area contributed by atoms with Gasteiger partial charge in [-0.25, -0.2) is 21.6 Å². The van der Waals surface area contributed by atoms with Gasteiger partial charge in [0.2, 0.25) is 26.0 Å². The van der Waals surface area contributed by atoms with Crippen LogP contribution in [0, 0.1) is 5.92 Å². The molecule has 27 heavy (non-hydrogen) atoms. The van der Waals surface area contributed by atoms with E-state index < -0.39 is 20.0 Å². The molecule has 150 valence electrons. The molecule has 1 aliphatic carbocycles. The van der Waals surface area contributed by atoms with Gasteiger partial charge in [-0.2, -0.15) is 4.31 Å². The second-order valence-corrected chi connectivity index (χ2v) is 10.8. The van der Waals surface area contributed by atoms with Gasteiger partial charge in [0.05, 0.1) is 9.79 Å². The van der Waals surface area contributed by atoms with Crippen LogP contribution in [0.5, 0.6) is 0 Å². The summed E-state index contributed by atoms with van der Waals surface area (Å²) >= 11 is 0. The Morgan fingerprint density at radius 2 is 1.56 bits per heavy atom. The molecule has 2 N–H and O–H groups in total. The van der Waals surface area contributed by atoms with Crippen molar-refractivity contribution in [2.24, 2.45) is 5.92 Å². The molecular weight excluding hydrogens is 390 g/mol. The molecule has 0 radical (unpaired) electrons. The first-order valence-electron chi connectivity index (χ1n) is 9.05. The molecule has 0 bridgehead atoms. The second kappa shape index (κ2) is 7.86. The smallest absolute Gasteiger partial charge is 0.243 e. The Hall–Kier alpha value is -1.49. The van der Waals surface area contributed by atoms with E-state index in [4.69, 9.17) is 0 Å². The summed E-state index contributed by atoms with van der Waals surface area (Å²) in [5.74, 6) is 0.178. The Morgan fingerprint density at radius 1 is 1.00 bits per heavy atom. The van der Waals surface area contributed by atoms with Crippen LogP contribution in [0.3, 0.4) is 0 Å². The Morgan fingerprint density at radius 3 is 2.07 bits per heavy atom. The predicted octanol–water partition coefficient (Wildman–Crippen LogP) is 0.664. The van der Waals surface area contributed by atoms with E-state index in [0.717, 1.165) is 12.8 Å². The fourth-order valence-corrected chi connectivity index (χ4v) is 5.85. The zero-order valence-electron chi connectivity index (χ0n) is 15.2. The van der Waals surface area contributed by atoms with Gasteiger partial charge in [-0.3, -0.25) is 4.79 Å². The molecular formula is C17H25N3O5S2. The minimum absolute atomic E-state index is 0.00260. The number of carbonyl (C=O) groups is 1. The van der Waals surface area contributed by atoms with E-state index >= 15 is 0 Å². The molecule has 3 rings (SSSR count). The SMILES string of the molecule is CC(=O)NCC1CCN(S(=O)(=O)c2ccc(S(=O)(=O)NC3CC3)cc2)CC1. The highest BCUT2D eigenvalue weighted by atomic mass is 32.2. The highest BCUT2D eigenvalue weighted by Gasteiger charge is 2.31. The first-order chi connectivity index (χ1) is 12.7. The van der Waals surface area contributed by atoms with Gasteiger partial charge in [0.25, 0.3) is 0 Å². The molecule has 8 nitrogen and oxygen atoms in total. The molecule has 2 fully saturated rings. The largest absolute Gasteiger partial charge is 0.356 e. The molecule has 1 amide bonds. The molecule has 2 aliphatic rings. The quantitative estimate of drug-likeness (QED) is 0.679. The van der Waals surface area contributed by atoms with Crippen molar-refractivity contribution in [3.05, 3.63) is 24.3 Å². The molecule has 0 aromatic heterocycles. The van der Waals surface area contributed by atoms with Gasteiger partial charge in [0.1, 0.15) is 0 Å². The van der Waals surface area contributed by atoms with Crippen molar-refractivity contribution in [1.82, 2.24) is 14.3 Å². The number of benzene rings is 1. The monoisotopic (exact) mass is 415 g/mol. The Kier molecular flexibility index (Phi) is 5.90. The fourth-order valence-electron chi connectivity index (χ4n) is 3.07. The summed E-state index contributed by atoms with van der Waals surface area (Å²) in [6.45, 7) is 2.79. The van der Waals surface area contributed by atoms with Crippen LogP contribution in [0.2, 0.25) is 0 Å². The van der Waals surface area contributed by atoms with Crippen molar-refractivity contribution in [3.63, 3.8) is 0 Å². The van der Waals surface area contributed by atoms with E-state index in [9.17, 15) is 21.6 Å². The van der Waals surface area contributed by atoms with E-state index in [1.54, 1.807) is 0 Å². The molecule has 0 atom stereocenters. The molecule has 10 heteroatoms. The molecule has 0 unspecified atom stereocenters. The minimum Gasteiger partial charge on any atom is -0.356 e. The van der Waals surface area contributed by atoms with Gasteiger partial charge in [-0.15, -0.1) is 0 Å². The summed E-state index contributed by atoms with van der Waals surface area (Å²) in [6, 6.07) is 5.36. The number of amides is 1. The maximum absolute atomic E-state index is 12.8. The number of sulfonamides is 2. The molecule has 1 aromatic rings. The number of piperidine rings is 1. The summed E-state index contributed by atoms with van der Waals surface area (Å²) in [4.78, 5) is 11.2. The Balaban J connectivity index is 1.64. The van der Waals surface area contributed by atoms with Crippen molar-refractivity contribution >= 4 is 26.0 Å². The highest BCUT2D eigenvalue weighted by Crippen LogP contribution is 2.26. The lowest BCUT2D eigenvalue weighted by Crippen LogP contribution is -2.41. The van der Waals surface area contributed by atoms with Crippen LogP contribution in [0.1, 0.15) is 32.6 Å². The molecule has 1 heterocycles. The summed E-state index contributed by atoms with van der Waals surface area (Å²) in [5.41, 5.74) is 0. The zero-order chi connectivity index (χ0) is 19.7. The third-order valence-corrected chi connectivity index (χ3v) is 8.33. The lowest BCUT2D eigenvalue weighted by atomic mass is 9.98. The first-order valence-corrected chi connectivity index (χ1v) is 12.0. The second-order valence-electron chi connectivity index (χ2n) is 7.15. The van der Waals surface area contributed by atoms with Gasteiger partial charge < -0.3 is 5.32 Å². The maximum Gasteiger partial charge on any atom is 0.243 e. The lowest BCUT2D eigenvalue weighted by molar-refractivity contribution is -0.119. The Bertz CT molecular complexity index is 885. The first kappa shape index (κ1) is 20.2. The number of hydrogen-bond acceptors (Lipinski definition) is 5. The number of rotatable bonds is 7. The topological polar surface area (TPSA) is 113 Å². The normalized spacial score (nSPS) is 19.7. The van der Waals surface area contributed by atoms with Gasteiger partial charge >= 0.3 is 0 Å². The Labute approximate surface area is 160 Å². The standard InChI is InChI=1S/C17H25N3O5S2/c1-13(21)18-12-14-8-10-20(11-9-14)27(24,25)17-6-4-16(5-7-17)26(22,23)19-15-2-3-15/h4-7,14-15,19H,2-3,8-12H2,1H3,(H,18,21). The van der Waals surface area contributed by atoms with Crippen molar-refractivity contribution in [2.45, 2.75) is 48.4 Å². The predicted molar refractivity (Wildman–Crippen MR) is 100.0 cm³/mol. The van der Waals surface area contributed by atoms with Crippen molar-refractivity contribution in [3.8, 4) is 0 Å². The lowest BCUT2D eigenvalue weighted by Gasteiger charge is -2.31. The molecule has 1 saturated carbocycles. The van der Waals surface area contributed by atoms with E-state index in [1.165, 1.54) is 35.5 Å². The zero-order valence-corrected chi connectivity index (χ0v) is 16.9. The third kappa shape index (κ3) is 5.07. The van der Waals surface area contributed by atoms with Gasteiger partial charge in [-0.05, 0) is 55.9 Å². The summed E-state index contributed by atoms with van der Waals surface area (Å²) < 4.78 is 54.0. The van der Waals surface area contributed by atoms with Crippen LogP contribution >= 0.6 is 0 Å². The fraction of sp³-hybridized carbons (Fsp3) is 0.588. The van der Waals surface area contributed by atoms with Gasteiger partial charge in [0.15, 0.2) is 0 Å². The van der Waals surface area contributed by atoms with Crippen molar-refractivity contribution in [1.29, 1.82) is 0 Å². The van der Waals surface area contributed by atoms with Gasteiger partial charge in [0, 0.05) is 32.6 Å². The maximum atomic E-state index is 12.8. The molecule has 1 saturated heterocycles. The highest BCUT2D eigenvalue weighted by molar-refractivity contribution is 7.89. The van der Waals surface area contributed by atoms with Crippen LogP contribution in [-0.2, 0) is 24.8 Å². The van der Waals surface area contributed by atoms with E-state index in [-0.39, 0.29) is 27.7 Å². The minimum atomic E-state index is -3.66. The van der Waals surface area contributed by atoms with E-state index in [0.29, 0.717) is 32.5 Å². The average molecular weight is 416 g/mol. The number of nitrogens with one attached hydrogen (secondary N) is 2.